The lowest BCUT2D eigenvalue weighted by molar-refractivity contribution is -0.927. The van der Waals surface area contributed by atoms with Crippen LogP contribution in [0.1, 0.15) is 71.6 Å². The smallest absolute Gasteiger partial charge is 0.119 e. The Bertz CT molecular complexity index is 866. The number of ether oxygens (including phenoxy) is 2. The predicted octanol–water partition coefficient (Wildman–Crippen LogP) is 7.21. The second-order valence-corrected chi connectivity index (χ2v) is 9.99. The first kappa shape index (κ1) is 31.7. The number of azo groups is 1. The van der Waals surface area contributed by atoms with Crippen molar-refractivity contribution in [3.8, 4) is 11.5 Å². The number of benzene rings is 2. The fourth-order valence-electron chi connectivity index (χ4n) is 4.56. The molecule has 2 N–H and O–H groups in total. The van der Waals surface area contributed by atoms with Gasteiger partial charge >= 0.3 is 0 Å². The highest BCUT2D eigenvalue weighted by Crippen LogP contribution is 2.23. The molecule has 0 aliphatic carbocycles. The van der Waals surface area contributed by atoms with E-state index in [1.54, 1.807) is 0 Å². The van der Waals surface area contributed by atoms with Crippen LogP contribution in [0.15, 0.2) is 58.8 Å². The Balaban J connectivity index is 1.63. The van der Waals surface area contributed by atoms with Gasteiger partial charge in [-0.15, -0.1) is 0 Å². The summed E-state index contributed by atoms with van der Waals surface area (Å²) in [5.74, 6) is 1.71. The average molecular weight is 529 g/mol. The van der Waals surface area contributed by atoms with Gasteiger partial charge in [-0.3, -0.25) is 0 Å². The highest BCUT2D eigenvalue weighted by Gasteiger charge is 2.23. The van der Waals surface area contributed by atoms with Gasteiger partial charge in [0.05, 0.1) is 50.9 Å². The monoisotopic (exact) mass is 528 g/mol. The maximum Gasteiger partial charge on any atom is 0.119 e. The Morgan fingerprint density at radius 1 is 0.579 bits per heavy atom. The summed E-state index contributed by atoms with van der Waals surface area (Å²) in [4.78, 5) is 0. The van der Waals surface area contributed by atoms with Crippen molar-refractivity contribution in [2.75, 3.05) is 52.6 Å². The van der Waals surface area contributed by atoms with Gasteiger partial charge in [0.2, 0.25) is 0 Å². The van der Waals surface area contributed by atoms with Gasteiger partial charge in [0, 0.05) is 0 Å². The number of rotatable bonds is 22. The fraction of sp³-hybridized carbons (Fsp3) is 0.613. The lowest BCUT2D eigenvalue weighted by Gasteiger charge is -2.37. The molecule has 0 aromatic heterocycles. The number of aliphatic hydroxyl groups excluding tert-OH is 2. The van der Waals surface area contributed by atoms with Gasteiger partial charge in [0.15, 0.2) is 0 Å². The van der Waals surface area contributed by atoms with Crippen LogP contribution in [0.5, 0.6) is 11.5 Å². The van der Waals surface area contributed by atoms with Gasteiger partial charge in [-0.2, -0.15) is 10.2 Å². The van der Waals surface area contributed by atoms with Crippen LogP contribution in [-0.2, 0) is 0 Å². The quantitative estimate of drug-likeness (QED) is 0.0960. The molecule has 0 saturated carbocycles. The first-order chi connectivity index (χ1) is 18.6. The van der Waals surface area contributed by atoms with Crippen LogP contribution >= 0.6 is 0 Å². The van der Waals surface area contributed by atoms with E-state index in [2.05, 4.69) is 24.1 Å². The van der Waals surface area contributed by atoms with Gasteiger partial charge in [-0.25, -0.2) is 0 Å². The molecular formula is C31H50N3O4+. The third-order valence-electron chi connectivity index (χ3n) is 7.09. The second-order valence-electron chi connectivity index (χ2n) is 9.99. The molecule has 2 rings (SSSR count). The summed E-state index contributed by atoms with van der Waals surface area (Å²) in [6, 6.07) is 15.4. The van der Waals surface area contributed by atoms with Crippen LogP contribution in [-0.4, -0.2) is 67.3 Å². The molecule has 0 radical (unpaired) electrons. The molecule has 2 aromatic rings. The first-order valence-electron chi connectivity index (χ1n) is 14.6. The minimum atomic E-state index is 0.170. The lowest BCUT2D eigenvalue weighted by Crippen LogP contribution is -2.52. The molecule has 0 atom stereocenters. The number of hydrogen-bond acceptors (Lipinski definition) is 6. The van der Waals surface area contributed by atoms with E-state index in [-0.39, 0.29) is 13.2 Å². The summed E-state index contributed by atoms with van der Waals surface area (Å²) >= 11 is 0. The van der Waals surface area contributed by atoms with Crippen molar-refractivity contribution in [3.63, 3.8) is 0 Å². The Morgan fingerprint density at radius 2 is 1.03 bits per heavy atom. The molecule has 0 fully saturated rings. The Labute approximate surface area is 230 Å². The van der Waals surface area contributed by atoms with Gasteiger partial charge < -0.3 is 24.2 Å². The van der Waals surface area contributed by atoms with Crippen LogP contribution in [0.25, 0.3) is 0 Å². The summed E-state index contributed by atoms with van der Waals surface area (Å²) in [7, 11) is 0. The average Bonchev–Trinajstić information content (AvgIpc) is 2.94. The summed E-state index contributed by atoms with van der Waals surface area (Å²) in [6.45, 7) is 9.54. The first-order valence-corrected chi connectivity index (χ1v) is 14.6. The third-order valence-corrected chi connectivity index (χ3v) is 7.09. The third kappa shape index (κ3) is 12.9. The Kier molecular flexibility index (Phi) is 16.3. The zero-order valence-corrected chi connectivity index (χ0v) is 23.7. The molecule has 212 valence electrons. The molecule has 38 heavy (non-hydrogen) atoms. The molecule has 0 aliphatic heterocycles. The molecule has 0 spiro atoms. The molecule has 0 heterocycles. The number of nitrogens with zero attached hydrogens (tertiary/aromatic N) is 3. The van der Waals surface area contributed by atoms with Gasteiger partial charge in [0.1, 0.15) is 24.6 Å². The topological polar surface area (TPSA) is 83.6 Å². The van der Waals surface area contributed by atoms with Crippen LogP contribution in [0.3, 0.4) is 0 Å². The van der Waals surface area contributed by atoms with Crippen molar-refractivity contribution in [3.05, 3.63) is 48.5 Å². The highest BCUT2D eigenvalue weighted by atomic mass is 16.5. The van der Waals surface area contributed by atoms with Crippen molar-refractivity contribution in [2.24, 2.45) is 10.2 Å². The van der Waals surface area contributed by atoms with Crippen molar-refractivity contribution in [1.29, 1.82) is 0 Å². The van der Waals surface area contributed by atoms with Gasteiger partial charge in [0.25, 0.3) is 0 Å². The minimum Gasteiger partial charge on any atom is -0.494 e. The van der Waals surface area contributed by atoms with Crippen LogP contribution in [0, 0.1) is 0 Å². The molecule has 2 aromatic carbocycles. The van der Waals surface area contributed by atoms with Gasteiger partial charge in [-0.05, 0) is 87.6 Å². The number of aliphatic hydroxyl groups is 2. The van der Waals surface area contributed by atoms with E-state index in [1.807, 2.05) is 48.5 Å². The second kappa shape index (κ2) is 19.6. The Hall–Kier alpha value is -2.48. The number of likely N-dealkylation sites (N-methyl/N-ethyl adjacent to an activating group) is 1. The van der Waals surface area contributed by atoms with E-state index in [9.17, 15) is 10.2 Å². The summed E-state index contributed by atoms with van der Waals surface area (Å²) in [6.07, 6.45) is 10.5. The maximum atomic E-state index is 9.37. The zero-order chi connectivity index (χ0) is 27.3. The minimum absolute atomic E-state index is 0.170. The van der Waals surface area contributed by atoms with E-state index in [4.69, 9.17) is 9.47 Å². The molecular weight excluding hydrogens is 478 g/mol. The predicted molar refractivity (Wildman–Crippen MR) is 155 cm³/mol. The van der Waals surface area contributed by atoms with Crippen molar-refractivity contribution >= 4 is 11.4 Å². The molecule has 0 unspecified atom stereocenters. The Morgan fingerprint density at radius 3 is 1.45 bits per heavy atom. The van der Waals surface area contributed by atoms with Crippen LogP contribution < -0.4 is 9.47 Å². The van der Waals surface area contributed by atoms with Crippen molar-refractivity contribution in [2.45, 2.75) is 71.6 Å². The fourth-order valence-corrected chi connectivity index (χ4v) is 4.56. The van der Waals surface area contributed by atoms with Crippen LogP contribution in [0.2, 0.25) is 0 Å². The summed E-state index contributed by atoms with van der Waals surface area (Å²) in [5.41, 5.74) is 1.58. The lowest BCUT2D eigenvalue weighted by atomic mass is 10.1. The van der Waals surface area contributed by atoms with E-state index in [1.165, 1.54) is 25.7 Å². The maximum absolute atomic E-state index is 9.37. The largest absolute Gasteiger partial charge is 0.494 e. The molecule has 7 heteroatoms. The molecule has 0 bridgehead atoms. The zero-order valence-electron chi connectivity index (χ0n) is 23.7. The highest BCUT2D eigenvalue weighted by molar-refractivity contribution is 5.44. The summed E-state index contributed by atoms with van der Waals surface area (Å²) < 4.78 is 12.5. The van der Waals surface area contributed by atoms with Gasteiger partial charge in [-0.1, -0.05) is 32.6 Å². The SMILES string of the molecule is CCCCCCCOc1ccc(N=Nc2ccc(OCCCCCC[N+](CC)(CCO)CCO)cc2)cc1. The van der Waals surface area contributed by atoms with Crippen molar-refractivity contribution in [1.82, 2.24) is 0 Å². The number of hydrogen-bond donors (Lipinski definition) is 2. The molecule has 0 aliphatic rings. The summed E-state index contributed by atoms with van der Waals surface area (Å²) in [5, 5.41) is 27.4. The van der Waals surface area contributed by atoms with E-state index >= 15 is 0 Å². The molecule has 0 amide bonds. The molecule has 0 saturated heterocycles. The standard InChI is InChI=1S/C31H50N3O4/c1-3-5-6-8-11-26-37-30-17-13-28(14-18-30)32-33-29-15-19-31(20-16-29)38-27-12-9-7-10-21-34(4-2,22-24-35)23-25-36/h13-20,35-36H,3-12,21-27H2,1-2H3/q+1. The van der Waals surface area contributed by atoms with E-state index in [0.717, 1.165) is 92.2 Å². The van der Waals surface area contributed by atoms with E-state index in [0.29, 0.717) is 6.61 Å². The normalized spacial score (nSPS) is 11.8. The van der Waals surface area contributed by atoms with E-state index < -0.39 is 0 Å². The van der Waals surface area contributed by atoms with Crippen LogP contribution in [0.4, 0.5) is 11.4 Å². The van der Waals surface area contributed by atoms with Crippen molar-refractivity contribution < 1.29 is 24.2 Å². The number of quaternary nitrogens is 1. The number of unbranched alkanes of at least 4 members (excludes halogenated alkanes) is 7. The molecule has 7 nitrogen and oxygen atoms in total.